The van der Waals surface area contributed by atoms with Crippen LogP contribution in [-0.2, 0) is 4.79 Å². The van der Waals surface area contributed by atoms with Crippen LogP contribution in [0.15, 0.2) is 18.2 Å². The number of nitrogens with two attached hydrogens (primary N) is 1. The third-order valence-electron chi connectivity index (χ3n) is 2.57. The van der Waals surface area contributed by atoms with E-state index in [1.54, 1.807) is 6.07 Å². The molecule has 0 heterocycles. The van der Waals surface area contributed by atoms with Crippen molar-refractivity contribution in [1.29, 1.82) is 0 Å². The highest BCUT2D eigenvalue weighted by Crippen LogP contribution is 2.24. The molecule has 6 heteroatoms. The maximum Gasteiger partial charge on any atom is 0.341 e. The number of hydrogen-bond acceptors (Lipinski definition) is 4. The number of nitrogen functional groups attached to an aromatic ring is 1. The van der Waals surface area contributed by atoms with Gasteiger partial charge in [-0.25, -0.2) is 4.79 Å². The lowest BCUT2D eigenvalue weighted by molar-refractivity contribution is -0.123. The standard InChI is InChI=1S/C12H14N2O4/c13-8-2-1-3-9(11(8)12(16)17)18-6-10(15)14-7-4-5-7/h1-3,7H,4-6,13H2,(H,14,15)(H,16,17). The molecule has 1 saturated carbocycles. The van der Waals surface area contributed by atoms with Crippen LogP contribution in [-0.4, -0.2) is 29.6 Å². The molecule has 0 radical (unpaired) electrons. The second-order valence-electron chi connectivity index (χ2n) is 4.16. The number of carbonyl (C=O) groups excluding carboxylic acids is 1. The van der Waals surface area contributed by atoms with E-state index in [9.17, 15) is 9.59 Å². The van der Waals surface area contributed by atoms with Gasteiger partial charge in [0.2, 0.25) is 0 Å². The Bertz CT molecular complexity index is 483. The Morgan fingerprint density at radius 2 is 2.17 bits per heavy atom. The van der Waals surface area contributed by atoms with Gasteiger partial charge in [-0.1, -0.05) is 6.07 Å². The second-order valence-corrected chi connectivity index (χ2v) is 4.16. The predicted molar refractivity (Wildman–Crippen MR) is 64.5 cm³/mol. The van der Waals surface area contributed by atoms with E-state index in [4.69, 9.17) is 15.6 Å². The average molecular weight is 250 g/mol. The molecule has 1 aromatic carbocycles. The van der Waals surface area contributed by atoms with Crippen molar-refractivity contribution in [3.05, 3.63) is 23.8 Å². The summed E-state index contributed by atoms with van der Waals surface area (Å²) in [5, 5.41) is 11.8. The number of carboxylic acids is 1. The highest BCUT2D eigenvalue weighted by molar-refractivity contribution is 5.96. The average Bonchev–Trinajstić information content (AvgIpc) is 3.09. The van der Waals surface area contributed by atoms with Crippen LogP contribution in [0.2, 0.25) is 0 Å². The van der Waals surface area contributed by atoms with Crippen LogP contribution in [0.25, 0.3) is 0 Å². The molecule has 1 aliphatic carbocycles. The molecule has 0 bridgehead atoms. The van der Waals surface area contributed by atoms with Crippen molar-refractivity contribution in [2.45, 2.75) is 18.9 Å². The zero-order valence-electron chi connectivity index (χ0n) is 9.68. The summed E-state index contributed by atoms with van der Waals surface area (Å²) in [7, 11) is 0. The summed E-state index contributed by atoms with van der Waals surface area (Å²) in [6.45, 7) is -0.208. The van der Waals surface area contributed by atoms with Gasteiger partial charge < -0.3 is 20.9 Å². The van der Waals surface area contributed by atoms with Crippen LogP contribution >= 0.6 is 0 Å². The molecule has 0 unspecified atom stereocenters. The van der Waals surface area contributed by atoms with Crippen LogP contribution in [0.1, 0.15) is 23.2 Å². The van der Waals surface area contributed by atoms with Crippen LogP contribution in [0.3, 0.4) is 0 Å². The van der Waals surface area contributed by atoms with Crippen LogP contribution in [0.4, 0.5) is 5.69 Å². The Morgan fingerprint density at radius 1 is 1.44 bits per heavy atom. The maximum absolute atomic E-state index is 11.4. The maximum atomic E-state index is 11.4. The second kappa shape index (κ2) is 4.95. The van der Waals surface area contributed by atoms with E-state index in [0.29, 0.717) is 0 Å². The van der Waals surface area contributed by atoms with Crippen molar-refractivity contribution in [3.8, 4) is 5.75 Å². The minimum atomic E-state index is -1.18. The van der Waals surface area contributed by atoms with Gasteiger partial charge in [0.05, 0.1) is 0 Å². The summed E-state index contributed by atoms with van der Waals surface area (Å²) < 4.78 is 5.20. The van der Waals surface area contributed by atoms with Gasteiger partial charge in [0.15, 0.2) is 6.61 Å². The van der Waals surface area contributed by atoms with Gasteiger partial charge in [0, 0.05) is 11.7 Å². The zero-order chi connectivity index (χ0) is 13.1. The molecule has 1 fully saturated rings. The zero-order valence-corrected chi connectivity index (χ0v) is 9.68. The molecule has 1 aromatic rings. The third-order valence-corrected chi connectivity index (χ3v) is 2.57. The summed E-state index contributed by atoms with van der Waals surface area (Å²) in [5.74, 6) is -1.32. The predicted octanol–water partition coefficient (Wildman–Crippen LogP) is 0.624. The first-order chi connectivity index (χ1) is 8.58. The summed E-state index contributed by atoms with van der Waals surface area (Å²) >= 11 is 0. The fraction of sp³-hybridized carbons (Fsp3) is 0.333. The largest absolute Gasteiger partial charge is 0.483 e. The van der Waals surface area contributed by atoms with Crippen molar-refractivity contribution >= 4 is 17.6 Å². The first-order valence-electron chi connectivity index (χ1n) is 5.62. The molecule has 0 saturated heterocycles. The minimum absolute atomic E-state index is 0.105. The lowest BCUT2D eigenvalue weighted by Crippen LogP contribution is -2.30. The number of ether oxygens (including phenoxy) is 1. The Kier molecular flexibility index (Phi) is 3.36. The fourth-order valence-electron chi connectivity index (χ4n) is 1.54. The monoisotopic (exact) mass is 250 g/mol. The highest BCUT2D eigenvalue weighted by atomic mass is 16.5. The van der Waals surface area contributed by atoms with Gasteiger partial charge in [-0.2, -0.15) is 0 Å². The molecule has 6 nitrogen and oxygen atoms in total. The summed E-state index contributed by atoms with van der Waals surface area (Å²) in [6.07, 6.45) is 1.98. The van der Waals surface area contributed by atoms with Gasteiger partial charge in [-0.15, -0.1) is 0 Å². The molecule has 0 aliphatic heterocycles. The van der Waals surface area contributed by atoms with Crippen molar-refractivity contribution in [1.82, 2.24) is 5.32 Å². The smallest absolute Gasteiger partial charge is 0.341 e. The topological polar surface area (TPSA) is 102 Å². The Balaban J connectivity index is 2.01. The summed E-state index contributed by atoms with van der Waals surface area (Å²) in [4.78, 5) is 22.4. The van der Waals surface area contributed by atoms with Gasteiger partial charge >= 0.3 is 5.97 Å². The first-order valence-corrected chi connectivity index (χ1v) is 5.62. The molecular weight excluding hydrogens is 236 g/mol. The number of nitrogens with one attached hydrogen (secondary N) is 1. The number of carbonyl (C=O) groups is 2. The molecule has 0 atom stereocenters. The molecule has 1 amide bonds. The van der Waals surface area contributed by atoms with Gasteiger partial charge in [-0.05, 0) is 25.0 Å². The van der Waals surface area contributed by atoms with Crippen LogP contribution < -0.4 is 15.8 Å². The highest BCUT2D eigenvalue weighted by Gasteiger charge is 2.23. The van der Waals surface area contributed by atoms with Gasteiger partial charge in [-0.3, -0.25) is 4.79 Å². The van der Waals surface area contributed by atoms with Crippen LogP contribution in [0.5, 0.6) is 5.75 Å². The Labute approximate surface area is 104 Å². The molecule has 0 aromatic heterocycles. The van der Waals surface area contributed by atoms with E-state index in [1.807, 2.05) is 0 Å². The van der Waals surface area contributed by atoms with E-state index in [-0.39, 0.29) is 35.6 Å². The number of hydrogen-bond donors (Lipinski definition) is 3. The summed E-state index contributed by atoms with van der Waals surface area (Å²) in [5.41, 5.74) is 5.56. The Hall–Kier alpha value is -2.24. The van der Waals surface area contributed by atoms with E-state index in [0.717, 1.165) is 12.8 Å². The third kappa shape index (κ3) is 2.91. The van der Waals surface area contributed by atoms with Crippen molar-refractivity contribution < 1.29 is 19.4 Å². The molecular formula is C12H14N2O4. The normalized spacial score (nSPS) is 14.0. The van der Waals surface area contributed by atoms with Gasteiger partial charge in [0.1, 0.15) is 11.3 Å². The van der Waals surface area contributed by atoms with E-state index < -0.39 is 5.97 Å². The van der Waals surface area contributed by atoms with E-state index in [1.165, 1.54) is 12.1 Å². The number of benzene rings is 1. The van der Waals surface area contributed by atoms with E-state index in [2.05, 4.69) is 5.32 Å². The SMILES string of the molecule is Nc1cccc(OCC(=O)NC2CC2)c1C(=O)O. The number of anilines is 1. The quantitative estimate of drug-likeness (QED) is 0.665. The number of carboxylic acid groups (broad SMARTS) is 1. The van der Waals surface area contributed by atoms with Gasteiger partial charge in [0.25, 0.3) is 5.91 Å². The number of aromatic carboxylic acids is 1. The summed E-state index contributed by atoms with van der Waals surface area (Å²) in [6, 6.07) is 4.78. The number of amides is 1. The first kappa shape index (κ1) is 12.2. The van der Waals surface area contributed by atoms with Crippen LogP contribution in [0, 0.1) is 0 Å². The molecule has 18 heavy (non-hydrogen) atoms. The molecule has 4 N–H and O–H groups in total. The minimum Gasteiger partial charge on any atom is -0.483 e. The Morgan fingerprint density at radius 3 is 2.78 bits per heavy atom. The molecule has 0 spiro atoms. The van der Waals surface area contributed by atoms with E-state index >= 15 is 0 Å². The van der Waals surface area contributed by atoms with Crippen molar-refractivity contribution in [3.63, 3.8) is 0 Å². The van der Waals surface area contributed by atoms with Crippen molar-refractivity contribution in [2.75, 3.05) is 12.3 Å². The molecule has 2 rings (SSSR count). The molecule has 1 aliphatic rings. The number of rotatable bonds is 5. The lowest BCUT2D eigenvalue weighted by atomic mass is 10.1. The fourth-order valence-corrected chi connectivity index (χ4v) is 1.54. The van der Waals surface area contributed by atoms with Crippen molar-refractivity contribution in [2.24, 2.45) is 0 Å². The molecule has 96 valence electrons. The lowest BCUT2D eigenvalue weighted by Gasteiger charge is -2.10.